The number of hydrogen-bond acceptors (Lipinski definition) is 6. The summed E-state index contributed by atoms with van der Waals surface area (Å²) in [7, 11) is 0. The van der Waals surface area contributed by atoms with E-state index in [4.69, 9.17) is 14.2 Å². The Hall–Kier alpha value is -2.89. The summed E-state index contributed by atoms with van der Waals surface area (Å²) >= 11 is 0. The Labute approximate surface area is 466 Å². The van der Waals surface area contributed by atoms with Crippen LogP contribution in [0.1, 0.15) is 342 Å². The minimum atomic E-state index is -0.782. The van der Waals surface area contributed by atoms with E-state index in [0.29, 0.717) is 19.3 Å². The van der Waals surface area contributed by atoms with Crippen molar-refractivity contribution in [2.24, 2.45) is 0 Å². The zero-order chi connectivity index (χ0) is 54.3. The third kappa shape index (κ3) is 61.8. The SMILES string of the molecule is CCCCCCC/C=C\C/C=C\C/C=C\CCCCCCCCC(=O)OCC(COC(=O)CCCCCCCCCCCCCCCCC)OC(=O)CCCCCCCCCCC/C=C\C/C=C\CCCCCCC. The molecule has 0 aliphatic rings. The van der Waals surface area contributed by atoms with E-state index in [1.807, 2.05) is 0 Å². The Bertz CT molecular complexity index is 1340. The molecule has 0 aromatic rings. The molecule has 6 heteroatoms. The molecule has 436 valence electrons. The average molecular weight is 1050 g/mol. The fourth-order valence-electron chi connectivity index (χ4n) is 9.54. The van der Waals surface area contributed by atoms with Gasteiger partial charge in [0.05, 0.1) is 0 Å². The molecule has 0 saturated heterocycles. The van der Waals surface area contributed by atoms with Gasteiger partial charge in [0, 0.05) is 19.3 Å². The summed E-state index contributed by atoms with van der Waals surface area (Å²) in [6, 6.07) is 0. The summed E-state index contributed by atoms with van der Waals surface area (Å²) in [6.07, 6.45) is 80.8. The normalized spacial score (nSPS) is 12.4. The first-order chi connectivity index (χ1) is 37.0. The van der Waals surface area contributed by atoms with Gasteiger partial charge < -0.3 is 14.2 Å². The van der Waals surface area contributed by atoms with E-state index in [9.17, 15) is 14.4 Å². The lowest BCUT2D eigenvalue weighted by Gasteiger charge is -2.18. The molecule has 0 N–H and O–H groups in total. The standard InChI is InChI=1S/C69H124O6/c1-4-7-10-13-16-19-22-25-28-30-32-34-36-38-41-44-47-50-53-56-59-62-68(71)74-65-66(64-73-67(70)61-58-55-52-49-46-43-40-27-24-21-18-15-12-9-6-3)75-69(72)63-60-57-54-51-48-45-42-39-37-35-33-31-29-26-23-20-17-14-11-8-5-2/h22-23,25-26,30-33,36,38,66H,4-21,24,27-29,34-35,37,39-65H2,1-3H3/b25-22-,26-23-,32-30-,33-31-,38-36-. The molecule has 0 saturated carbocycles. The van der Waals surface area contributed by atoms with Crippen molar-refractivity contribution in [2.45, 2.75) is 348 Å². The molecular weight excluding hydrogens is 925 g/mol. The van der Waals surface area contributed by atoms with Gasteiger partial charge in [-0.3, -0.25) is 14.4 Å². The molecule has 0 rings (SSSR count). The van der Waals surface area contributed by atoms with E-state index in [-0.39, 0.29) is 31.1 Å². The first-order valence-electron chi connectivity index (χ1n) is 32.8. The Morgan fingerprint density at radius 3 is 0.747 bits per heavy atom. The summed E-state index contributed by atoms with van der Waals surface area (Å²) in [5, 5.41) is 0. The largest absolute Gasteiger partial charge is 0.462 e. The van der Waals surface area contributed by atoms with Crippen molar-refractivity contribution in [3.05, 3.63) is 60.8 Å². The summed E-state index contributed by atoms with van der Waals surface area (Å²) < 4.78 is 16.9. The van der Waals surface area contributed by atoms with E-state index in [1.54, 1.807) is 0 Å². The van der Waals surface area contributed by atoms with Crippen LogP contribution in [-0.2, 0) is 28.6 Å². The highest BCUT2D eigenvalue weighted by Gasteiger charge is 2.19. The topological polar surface area (TPSA) is 78.9 Å². The van der Waals surface area contributed by atoms with Crippen molar-refractivity contribution in [2.75, 3.05) is 13.2 Å². The fraction of sp³-hybridized carbons (Fsp3) is 0.812. The smallest absolute Gasteiger partial charge is 0.306 e. The predicted molar refractivity (Wildman–Crippen MR) is 325 cm³/mol. The van der Waals surface area contributed by atoms with Crippen molar-refractivity contribution in [1.82, 2.24) is 0 Å². The van der Waals surface area contributed by atoms with Crippen LogP contribution in [0.25, 0.3) is 0 Å². The lowest BCUT2D eigenvalue weighted by atomic mass is 10.0. The first-order valence-corrected chi connectivity index (χ1v) is 32.8. The Morgan fingerprint density at radius 1 is 0.267 bits per heavy atom. The van der Waals surface area contributed by atoms with Crippen LogP contribution in [0.5, 0.6) is 0 Å². The van der Waals surface area contributed by atoms with Gasteiger partial charge in [0.25, 0.3) is 0 Å². The zero-order valence-electron chi connectivity index (χ0n) is 50.1. The third-order valence-electron chi connectivity index (χ3n) is 14.5. The van der Waals surface area contributed by atoms with Crippen LogP contribution in [0.2, 0.25) is 0 Å². The van der Waals surface area contributed by atoms with E-state index in [1.165, 1.54) is 218 Å². The molecule has 0 aliphatic heterocycles. The summed E-state index contributed by atoms with van der Waals surface area (Å²) in [6.45, 7) is 6.65. The van der Waals surface area contributed by atoms with E-state index < -0.39 is 6.10 Å². The van der Waals surface area contributed by atoms with Crippen molar-refractivity contribution >= 4 is 17.9 Å². The van der Waals surface area contributed by atoms with Gasteiger partial charge in [-0.05, 0) is 89.9 Å². The number of hydrogen-bond donors (Lipinski definition) is 0. The van der Waals surface area contributed by atoms with Gasteiger partial charge in [0.2, 0.25) is 0 Å². The van der Waals surface area contributed by atoms with Crippen LogP contribution in [0.4, 0.5) is 0 Å². The van der Waals surface area contributed by atoms with Crippen molar-refractivity contribution in [3.63, 3.8) is 0 Å². The van der Waals surface area contributed by atoms with Gasteiger partial charge in [0.15, 0.2) is 6.10 Å². The fourth-order valence-corrected chi connectivity index (χ4v) is 9.54. The highest BCUT2D eigenvalue weighted by atomic mass is 16.6. The second kappa shape index (κ2) is 63.6. The lowest BCUT2D eigenvalue weighted by molar-refractivity contribution is -0.167. The molecule has 0 fully saturated rings. The van der Waals surface area contributed by atoms with Crippen LogP contribution in [0.3, 0.4) is 0 Å². The Balaban J connectivity index is 4.37. The van der Waals surface area contributed by atoms with E-state index >= 15 is 0 Å². The number of allylic oxidation sites excluding steroid dienone is 10. The van der Waals surface area contributed by atoms with E-state index in [0.717, 1.165) is 83.5 Å². The van der Waals surface area contributed by atoms with Gasteiger partial charge in [-0.15, -0.1) is 0 Å². The van der Waals surface area contributed by atoms with Crippen molar-refractivity contribution < 1.29 is 28.6 Å². The monoisotopic (exact) mass is 1050 g/mol. The molecule has 0 radical (unpaired) electrons. The van der Waals surface area contributed by atoms with Crippen molar-refractivity contribution in [3.8, 4) is 0 Å². The lowest BCUT2D eigenvalue weighted by Crippen LogP contribution is -2.30. The molecule has 0 heterocycles. The zero-order valence-corrected chi connectivity index (χ0v) is 50.1. The van der Waals surface area contributed by atoms with Crippen LogP contribution in [0.15, 0.2) is 60.8 Å². The quantitative estimate of drug-likeness (QED) is 0.0261. The Kier molecular flexibility index (Phi) is 61.2. The van der Waals surface area contributed by atoms with Gasteiger partial charge in [-0.25, -0.2) is 0 Å². The van der Waals surface area contributed by atoms with Crippen LogP contribution in [0, 0.1) is 0 Å². The number of rotatable bonds is 60. The second-order valence-corrected chi connectivity index (χ2v) is 22.0. The van der Waals surface area contributed by atoms with Gasteiger partial charge in [-0.1, -0.05) is 293 Å². The highest BCUT2D eigenvalue weighted by molar-refractivity contribution is 5.71. The average Bonchev–Trinajstić information content (AvgIpc) is 3.41. The van der Waals surface area contributed by atoms with Gasteiger partial charge in [0.1, 0.15) is 13.2 Å². The van der Waals surface area contributed by atoms with E-state index in [2.05, 4.69) is 81.5 Å². The molecule has 1 atom stereocenters. The number of ether oxygens (including phenoxy) is 3. The number of esters is 3. The molecule has 0 spiro atoms. The number of unbranched alkanes of at least 4 members (excludes halogenated alkanes) is 39. The van der Waals surface area contributed by atoms with Crippen LogP contribution in [-0.4, -0.2) is 37.2 Å². The summed E-state index contributed by atoms with van der Waals surface area (Å²) in [5.41, 5.74) is 0. The molecule has 0 aromatic heterocycles. The Morgan fingerprint density at radius 2 is 0.480 bits per heavy atom. The predicted octanol–water partition coefficient (Wildman–Crippen LogP) is 22.3. The second-order valence-electron chi connectivity index (χ2n) is 22.0. The maximum atomic E-state index is 12.9. The van der Waals surface area contributed by atoms with Crippen LogP contribution >= 0.6 is 0 Å². The maximum absolute atomic E-state index is 12.9. The molecule has 0 amide bonds. The minimum Gasteiger partial charge on any atom is -0.462 e. The molecule has 0 aromatic carbocycles. The minimum absolute atomic E-state index is 0.0770. The molecule has 0 bridgehead atoms. The first kappa shape index (κ1) is 72.1. The summed E-state index contributed by atoms with van der Waals surface area (Å²) in [4.78, 5) is 38.4. The summed E-state index contributed by atoms with van der Waals surface area (Å²) in [5.74, 6) is -0.875. The number of carbonyl (C=O) groups excluding carboxylic acids is 3. The molecule has 1 unspecified atom stereocenters. The molecular formula is C69H124O6. The molecule has 6 nitrogen and oxygen atoms in total. The number of carbonyl (C=O) groups is 3. The third-order valence-corrected chi connectivity index (χ3v) is 14.5. The molecule has 0 aliphatic carbocycles. The van der Waals surface area contributed by atoms with Gasteiger partial charge >= 0.3 is 17.9 Å². The van der Waals surface area contributed by atoms with Crippen molar-refractivity contribution in [1.29, 1.82) is 0 Å². The van der Waals surface area contributed by atoms with Crippen LogP contribution < -0.4 is 0 Å². The highest BCUT2D eigenvalue weighted by Crippen LogP contribution is 2.17. The van der Waals surface area contributed by atoms with Gasteiger partial charge in [-0.2, -0.15) is 0 Å². The maximum Gasteiger partial charge on any atom is 0.306 e. The molecule has 75 heavy (non-hydrogen) atoms.